The van der Waals surface area contributed by atoms with Gasteiger partial charge in [-0.3, -0.25) is 0 Å². The van der Waals surface area contributed by atoms with Crippen molar-refractivity contribution >= 4 is 62.5 Å². The lowest BCUT2D eigenvalue weighted by Gasteiger charge is -2.11. The SMILES string of the molecule is O=C(NCc1sccc1Br)Nc1cccc(C2SCCS2)c1. The number of carbonyl (C=O) groups is 1. The van der Waals surface area contributed by atoms with Crippen molar-refractivity contribution < 1.29 is 4.79 Å². The number of halogens is 1. The van der Waals surface area contributed by atoms with Crippen LogP contribution in [0.25, 0.3) is 0 Å². The zero-order valence-electron chi connectivity index (χ0n) is 11.7. The molecule has 0 unspecified atom stereocenters. The van der Waals surface area contributed by atoms with Crippen LogP contribution in [0.3, 0.4) is 0 Å². The molecule has 1 aromatic heterocycles. The molecule has 7 heteroatoms. The molecular formula is C15H15BrN2OS3. The van der Waals surface area contributed by atoms with E-state index in [0.29, 0.717) is 11.1 Å². The smallest absolute Gasteiger partial charge is 0.319 e. The van der Waals surface area contributed by atoms with Crippen LogP contribution in [0.15, 0.2) is 40.2 Å². The number of rotatable bonds is 4. The summed E-state index contributed by atoms with van der Waals surface area (Å²) < 4.78 is 1.53. The van der Waals surface area contributed by atoms with Crippen molar-refractivity contribution in [3.8, 4) is 0 Å². The van der Waals surface area contributed by atoms with Crippen LogP contribution in [0.4, 0.5) is 10.5 Å². The molecule has 0 atom stereocenters. The molecular weight excluding hydrogens is 400 g/mol. The molecule has 1 aliphatic heterocycles. The Labute approximate surface area is 150 Å². The number of amides is 2. The Balaban J connectivity index is 1.57. The summed E-state index contributed by atoms with van der Waals surface area (Å²) in [6.45, 7) is 0.526. The van der Waals surface area contributed by atoms with Crippen molar-refractivity contribution in [1.82, 2.24) is 5.32 Å². The van der Waals surface area contributed by atoms with Crippen LogP contribution in [0.2, 0.25) is 0 Å². The first-order valence-electron chi connectivity index (χ1n) is 6.82. The van der Waals surface area contributed by atoms with Crippen LogP contribution in [0.5, 0.6) is 0 Å². The summed E-state index contributed by atoms with van der Waals surface area (Å²) in [5.74, 6) is 2.40. The number of urea groups is 1. The lowest BCUT2D eigenvalue weighted by atomic mass is 10.2. The molecule has 2 amide bonds. The van der Waals surface area contributed by atoms with Gasteiger partial charge in [-0.2, -0.15) is 0 Å². The van der Waals surface area contributed by atoms with Crippen LogP contribution in [0.1, 0.15) is 15.0 Å². The number of hydrogen-bond acceptors (Lipinski definition) is 4. The van der Waals surface area contributed by atoms with Gasteiger partial charge in [0.15, 0.2) is 0 Å². The van der Waals surface area contributed by atoms with E-state index in [0.717, 1.165) is 15.0 Å². The molecule has 1 fully saturated rings. The molecule has 1 saturated heterocycles. The fraction of sp³-hybridized carbons (Fsp3) is 0.267. The van der Waals surface area contributed by atoms with Gasteiger partial charge in [-0.25, -0.2) is 4.79 Å². The van der Waals surface area contributed by atoms with Crippen LogP contribution in [-0.4, -0.2) is 17.5 Å². The largest absolute Gasteiger partial charge is 0.333 e. The van der Waals surface area contributed by atoms with Crippen LogP contribution in [-0.2, 0) is 6.54 Å². The van der Waals surface area contributed by atoms with E-state index in [4.69, 9.17) is 0 Å². The number of nitrogens with one attached hydrogen (secondary N) is 2. The molecule has 0 aliphatic carbocycles. The van der Waals surface area contributed by atoms with E-state index in [9.17, 15) is 4.79 Å². The van der Waals surface area contributed by atoms with Gasteiger partial charge in [-0.05, 0) is 45.1 Å². The maximum absolute atomic E-state index is 12.0. The lowest BCUT2D eigenvalue weighted by molar-refractivity contribution is 0.252. The van der Waals surface area contributed by atoms with E-state index in [1.54, 1.807) is 11.3 Å². The molecule has 2 aromatic rings. The quantitative estimate of drug-likeness (QED) is 0.711. The van der Waals surface area contributed by atoms with Crippen molar-refractivity contribution in [1.29, 1.82) is 0 Å². The summed E-state index contributed by atoms with van der Waals surface area (Å²) in [7, 11) is 0. The van der Waals surface area contributed by atoms with Crippen molar-refractivity contribution in [2.75, 3.05) is 16.8 Å². The fourth-order valence-corrected chi connectivity index (χ4v) is 6.37. The molecule has 0 bridgehead atoms. The van der Waals surface area contributed by atoms with Crippen LogP contribution in [0, 0.1) is 0 Å². The summed E-state index contributed by atoms with van der Waals surface area (Å²) in [4.78, 5) is 13.1. The predicted octanol–water partition coefficient (Wildman–Crippen LogP) is 5.31. The first-order chi connectivity index (χ1) is 10.7. The van der Waals surface area contributed by atoms with Gasteiger partial charge in [0.25, 0.3) is 0 Å². The number of thiophene rings is 1. The molecule has 3 nitrogen and oxygen atoms in total. The molecule has 116 valence electrons. The summed E-state index contributed by atoms with van der Waals surface area (Å²) in [5.41, 5.74) is 2.11. The predicted molar refractivity (Wildman–Crippen MR) is 102 cm³/mol. The van der Waals surface area contributed by atoms with E-state index in [1.807, 2.05) is 47.1 Å². The molecule has 3 rings (SSSR count). The molecule has 1 aliphatic rings. The molecule has 1 aromatic carbocycles. The number of anilines is 1. The van der Waals surface area contributed by atoms with Gasteiger partial charge in [0.1, 0.15) is 0 Å². The second kappa shape index (κ2) is 7.77. The first kappa shape index (κ1) is 16.2. The standard InChI is InChI=1S/C15H15BrN2OS3/c16-12-4-5-20-13(12)9-17-15(19)18-11-3-1-2-10(8-11)14-21-6-7-22-14/h1-5,8,14H,6-7,9H2,(H2,17,18,19). The fourth-order valence-electron chi connectivity index (χ4n) is 2.10. The monoisotopic (exact) mass is 414 g/mol. The van der Waals surface area contributed by atoms with E-state index < -0.39 is 0 Å². The zero-order valence-corrected chi connectivity index (χ0v) is 15.7. The molecule has 22 heavy (non-hydrogen) atoms. The third-order valence-electron chi connectivity index (χ3n) is 3.14. The molecule has 0 radical (unpaired) electrons. The van der Waals surface area contributed by atoms with E-state index in [1.165, 1.54) is 17.1 Å². The second-order valence-corrected chi connectivity index (χ2v) is 9.28. The Morgan fingerprint density at radius 3 is 2.82 bits per heavy atom. The van der Waals surface area contributed by atoms with E-state index in [-0.39, 0.29) is 6.03 Å². The average molecular weight is 415 g/mol. The van der Waals surface area contributed by atoms with Gasteiger partial charge in [0.05, 0.1) is 11.1 Å². The van der Waals surface area contributed by atoms with Crippen molar-refractivity contribution in [2.45, 2.75) is 11.1 Å². The third kappa shape index (κ3) is 4.22. The van der Waals surface area contributed by atoms with Gasteiger partial charge < -0.3 is 10.6 Å². The minimum Gasteiger partial charge on any atom is -0.333 e. The number of benzene rings is 1. The highest BCUT2D eigenvalue weighted by Crippen LogP contribution is 2.45. The minimum atomic E-state index is -0.177. The van der Waals surface area contributed by atoms with Gasteiger partial charge in [-0.15, -0.1) is 34.9 Å². The number of thioether (sulfide) groups is 2. The Morgan fingerprint density at radius 2 is 2.09 bits per heavy atom. The highest BCUT2D eigenvalue weighted by molar-refractivity contribution is 9.10. The Bertz CT molecular complexity index is 656. The van der Waals surface area contributed by atoms with Crippen molar-refractivity contribution in [2.24, 2.45) is 0 Å². The van der Waals surface area contributed by atoms with Gasteiger partial charge in [0.2, 0.25) is 0 Å². The summed E-state index contributed by atoms with van der Waals surface area (Å²) in [6, 6.07) is 9.93. The van der Waals surface area contributed by atoms with Crippen LogP contribution < -0.4 is 10.6 Å². The Hall–Kier alpha value is -0.630. The van der Waals surface area contributed by atoms with Crippen molar-refractivity contribution in [3.63, 3.8) is 0 Å². The maximum Gasteiger partial charge on any atom is 0.319 e. The maximum atomic E-state index is 12.0. The molecule has 0 spiro atoms. The van der Waals surface area contributed by atoms with Gasteiger partial charge in [-0.1, -0.05) is 12.1 Å². The van der Waals surface area contributed by atoms with Gasteiger partial charge in [0, 0.05) is 26.5 Å². The molecule has 0 saturated carbocycles. The second-order valence-electron chi connectivity index (χ2n) is 4.70. The lowest BCUT2D eigenvalue weighted by Crippen LogP contribution is -2.27. The zero-order chi connectivity index (χ0) is 15.4. The molecule has 2 N–H and O–H groups in total. The highest BCUT2D eigenvalue weighted by atomic mass is 79.9. The number of hydrogen-bond donors (Lipinski definition) is 2. The number of carbonyl (C=O) groups excluding carboxylic acids is 1. The molecule has 2 heterocycles. The van der Waals surface area contributed by atoms with E-state index in [2.05, 4.69) is 38.7 Å². The topological polar surface area (TPSA) is 41.1 Å². The average Bonchev–Trinajstić information content (AvgIpc) is 3.17. The van der Waals surface area contributed by atoms with Gasteiger partial charge >= 0.3 is 6.03 Å². The Morgan fingerprint density at radius 1 is 1.27 bits per heavy atom. The highest BCUT2D eigenvalue weighted by Gasteiger charge is 2.18. The summed E-state index contributed by atoms with van der Waals surface area (Å²) in [5, 5.41) is 7.79. The van der Waals surface area contributed by atoms with Crippen molar-refractivity contribution in [3.05, 3.63) is 50.6 Å². The summed E-state index contributed by atoms with van der Waals surface area (Å²) in [6.07, 6.45) is 0. The minimum absolute atomic E-state index is 0.177. The summed E-state index contributed by atoms with van der Waals surface area (Å²) >= 11 is 9.01. The first-order valence-corrected chi connectivity index (χ1v) is 10.6. The normalized spacial score (nSPS) is 15.0. The van der Waals surface area contributed by atoms with Crippen LogP contribution >= 0.6 is 50.8 Å². The third-order valence-corrected chi connectivity index (χ3v) is 8.17. The van der Waals surface area contributed by atoms with E-state index >= 15 is 0 Å². The Kier molecular flexibility index (Phi) is 5.73.